The largest absolute Gasteiger partial charge is 0.497 e. The van der Waals surface area contributed by atoms with Crippen molar-refractivity contribution in [2.75, 3.05) is 19.5 Å². The van der Waals surface area contributed by atoms with Crippen molar-refractivity contribution in [3.63, 3.8) is 0 Å². The maximum absolute atomic E-state index is 12.2. The molecule has 0 aliphatic carbocycles. The van der Waals surface area contributed by atoms with Gasteiger partial charge in [-0.15, -0.1) is 0 Å². The van der Waals surface area contributed by atoms with Crippen LogP contribution in [0.1, 0.15) is 16.1 Å². The summed E-state index contributed by atoms with van der Waals surface area (Å²) in [5.74, 6) is 0.890. The van der Waals surface area contributed by atoms with Gasteiger partial charge in [0.2, 0.25) is 0 Å². The van der Waals surface area contributed by atoms with Crippen molar-refractivity contribution >= 4 is 11.6 Å². The van der Waals surface area contributed by atoms with Gasteiger partial charge in [-0.05, 0) is 31.2 Å². The monoisotopic (exact) mass is 272 g/mol. The van der Waals surface area contributed by atoms with Crippen LogP contribution >= 0.6 is 0 Å². The van der Waals surface area contributed by atoms with Gasteiger partial charge >= 0.3 is 0 Å². The fourth-order valence-electron chi connectivity index (χ4n) is 1.68. The van der Waals surface area contributed by atoms with E-state index < -0.39 is 0 Å². The second-order valence-corrected chi connectivity index (χ2v) is 4.24. The summed E-state index contributed by atoms with van der Waals surface area (Å²) >= 11 is 0. The van der Waals surface area contributed by atoms with Crippen molar-refractivity contribution < 1.29 is 14.3 Å². The first kappa shape index (κ1) is 13.9. The number of hydrogen-bond acceptors (Lipinski definition) is 4. The minimum Gasteiger partial charge on any atom is -0.497 e. The topological polar surface area (TPSA) is 60.5 Å². The number of hydrogen-bond donors (Lipinski definition) is 1. The van der Waals surface area contributed by atoms with Gasteiger partial charge in [0.1, 0.15) is 11.5 Å². The number of nitrogens with one attached hydrogen (secondary N) is 1. The van der Waals surface area contributed by atoms with E-state index in [9.17, 15) is 4.79 Å². The van der Waals surface area contributed by atoms with Crippen LogP contribution in [0.4, 0.5) is 5.69 Å². The van der Waals surface area contributed by atoms with Gasteiger partial charge in [0.25, 0.3) is 5.91 Å². The smallest absolute Gasteiger partial charge is 0.255 e. The number of amides is 1. The van der Waals surface area contributed by atoms with Gasteiger partial charge < -0.3 is 14.8 Å². The van der Waals surface area contributed by atoms with E-state index in [4.69, 9.17) is 9.47 Å². The second-order valence-electron chi connectivity index (χ2n) is 4.24. The van der Waals surface area contributed by atoms with Gasteiger partial charge in [-0.25, -0.2) is 0 Å². The molecule has 1 heterocycles. The third-order valence-corrected chi connectivity index (χ3v) is 2.78. The molecule has 5 nitrogen and oxygen atoms in total. The van der Waals surface area contributed by atoms with Gasteiger partial charge in [-0.1, -0.05) is 0 Å². The third-order valence-electron chi connectivity index (χ3n) is 2.78. The van der Waals surface area contributed by atoms with E-state index >= 15 is 0 Å². The third kappa shape index (κ3) is 3.26. The number of carbonyl (C=O) groups is 1. The molecule has 0 fully saturated rings. The van der Waals surface area contributed by atoms with Gasteiger partial charge in [0.15, 0.2) is 0 Å². The predicted octanol–water partition coefficient (Wildman–Crippen LogP) is 2.66. The van der Waals surface area contributed by atoms with E-state index in [1.54, 1.807) is 44.7 Å². The van der Waals surface area contributed by atoms with Crippen LogP contribution in [0.5, 0.6) is 11.5 Å². The van der Waals surface area contributed by atoms with Gasteiger partial charge in [0.05, 0.1) is 26.1 Å². The van der Waals surface area contributed by atoms with Crippen LogP contribution in [-0.4, -0.2) is 25.1 Å². The lowest BCUT2D eigenvalue weighted by atomic mass is 10.2. The first-order valence-electron chi connectivity index (χ1n) is 6.09. The lowest BCUT2D eigenvalue weighted by Gasteiger charge is -2.09. The molecule has 104 valence electrons. The van der Waals surface area contributed by atoms with Crippen LogP contribution in [0.2, 0.25) is 0 Å². The highest BCUT2D eigenvalue weighted by atomic mass is 16.5. The Kier molecular flexibility index (Phi) is 4.20. The number of aryl methyl sites for hydroxylation is 1. The molecule has 2 rings (SSSR count). The van der Waals surface area contributed by atoms with Crippen LogP contribution in [0.25, 0.3) is 0 Å². The number of aromatic nitrogens is 1. The minimum absolute atomic E-state index is 0.243. The quantitative estimate of drug-likeness (QED) is 0.929. The molecule has 0 unspecified atom stereocenters. The molecular formula is C15H16N2O3. The second kappa shape index (κ2) is 6.06. The molecule has 0 saturated carbocycles. The van der Waals surface area contributed by atoms with Gasteiger partial charge in [0, 0.05) is 17.3 Å². The first-order valence-corrected chi connectivity index (χ1v) is 6.09. The highest BCUT2D eigenvalue weighted by Gasteiger charge is 2.10. The summed E-state index contributed by atoms with van der Waals surface area (Å²) in [6, 6.07) is 8.66. The van der Waals surface area contributed by atoms with E-state index in [-0.39, 0.29) is 5.91 Å². The maximum Gasteiger partial charge on any atom is 0.255 e. The number of anilines is 1. The Morgan fingerprint density at radius 2 is 1.75 bits per heavy atom. The highest BCUT2D eigenvalue weighted by Crippen LogP contribution is 2.23. The highest BCUT2D eigenvalue weighted by molar-refractivity contribution is 6.04. The van der Waals surface area contributed by atoms with Crippen LogP contribution in [-0.2, 0) is 0 Å². The van der Waals surface area contributed by atoms with E-state index in [1.165, 1.54) is 0 Å². The molecule has 0 spiro atoms. The fourth-order valence-corrected chi connectivity index (χ4v) is 1.68. The zero-order valence-corrected chi connectivity index (χ0v) is 11.6. The molecule has 0 radical (unpaired) electrons. The standard InChI is InChI=1S/C15H16N2O3/c1-10-4-5-12(9-16-10)17-15(18)11-6-13(19-2)8-14(7-11)20-3/h4-9H,1-3H3,(H,17,18). The summed E-state index contributed by atoms with van der Waals surface area (Å²) in [7, 11) is 3.08. The van der Waals surface area contributed by atoms with Crippen molar-refractivity contribution in [2.45, 2.75) is 6.92 Å². The number of nitrogens with zero attached hydrogens (tertiary/aromatic N) is 1. The number of carbonyl (C=O) groups excluding carboxylic acids is 1. The number of rotatable bonds is 4. The molecule has 0 bridgehead atoms. The molecule has 5 heteroatoms. The molecule has 0 saturated heterocycles. The Balaban J connectivity index is 2.22. The zero-order chi connectivity index (χ0) is 14.5. The maximum atomic E-state index is 12.2. The number of benzene rings is 1. The molecule has 1 aromatic carbocycles. The Hall–Kier alpha value is -2.56. The molecule has 1 amide bonds. The van der Waals surface area contributed by atoms with Crippen LogP contribution < -0.4 is 14.8 Å². The molecule has 0 aliphatic rings. The average Bonchev–Trinajstić information content (AvgIpc) is 2.48. The summed E-state index contributed by atoms with van der Waals surface area (Å²) < 4.78 is 10.3. The molecule has 0 atom stereocenters. The van der Waals surface area contributed by atoms with Crippen molar-refractivity contribution in [1.82, 2.24) is 4.98 Å². The Morgan fingerprint density at radius 1 is 1.10 bits per heavy atom. The summed E-state index contributed by atoms with van der Waals surface area (Å²) in [5, 5.41) is 2.78. The summed E-state index contributed by atoms with van der Waals surface area (Å²) in [6.45, 7) is 1.89. The minimum atomic E-state index is -0.243. The lowest BCUT2D eigenvalue weighted by molar-refractivity contribution is 0.102. The number of methoxy groups -OCH3 is 2. The van der Waals surface area contributed by atoms with Crippen molar-refractivity contribution in [3.05, 3.63) is 47.8 Å². The molecule has 2 aromatic rings. The lowest BCUT2D eigenvalue weighted by Crippen LogP contribution is -2.12. The number of ether oxygens (including phenoxy) is 2. The van der Waals surface area contributed by atoms with Gasteiger partial charge in [-0.2, -0.15) is 0 Å². The fraction of sp³-hybridized carbons (Fsp3) is 0.200. The molecule has 1 N–H and O–H groups in total. The van der Waals surface area contributed by atoms with E-state index in [1.807, 2.05) is 13.0 Å². The molecular weight excluding hydrogens is 256 g/mol. The van der Waals surface area contributed by atoms with Crippen LogP contribution in [0, 0.1) is 6.92 Å². The van der Waals surface area contributed by atoms with Crippen LogP contribution in [0.3, 0.4) is 0 Å². The summed E-state index contributed by atoms with van der Waals surface area (Å²) in [4.78, 5) is 16.3. The molecule has 0 aliphatic heterocycles. The first-order chi connectivity index (χ1) is 9.62. The van der Waals surface area contributed by atoms with E-state index in [2.05, 4.69) is 10.3 Å². The average molecular weight is 272 g/mol. The molecule has 1 aromatic heterocycles. The van der Waals surface area contributed by atoms with Crippen molar-refractivity contribution in [3.8, 4) is 11.5 Å². The Bertz CT molecular complexity index is 587. The van der Waals surface area contributed by atoms with Crippen molar-refractivity contribution in [2.24, 2.45) is 0 Å². The van der Waals surface area contributed by atoms with Crippen molar-refractivity contribution in [1.29, 1.82) is 0 Å². The van der Waals surface area contributed by atoms with Gasteiger partial charge in [-0.3, -0.25) is 9.78 Å². The normalized spacial score (nSPS) is 9.95. The van der Waals surface area contributed by atoms with E-state index in [0.717, 1.165) is 5.69 Å². The Labute approximate surface area is 117 Å². The SMILES string of the molecule is COc1cc(OC)cc(C(=O)Nc2ccc(C)nc2)c1. The Morgan fingerprint density at radius 3 is 2.25 bits per heavy atom. The molecule has 20 heavy (non-hydrogen) atoms. The predicted molar refractivity (Wildman–Crippen MR) is 76.5 cm³/mol. The van der Waals surface area contributed by atoms with E-state index in [0.29, 0.717) is 22.7 Å². The van der Waals surface area contributed by atoms with Crippen LogP contribution in [0.15, 0.2) is 36.5 Å². The summed E-state index contributed by atoms with van der Waals surface area (Å²) in [6.07, 6.45) is 1.62. The summed E-state index contributed by atoms with van der Waals surface area (Å²) in [5.41, 5.74) is 2.00. The zero-order valence-electron chi connectivity index (χ0n) is 11.6. The number of pyridine rings is 1.